The first kappa shape index (κ1) is 20.7. The Labute approximate surface area is 185 Å². The molecule has 2 N–H and O–H groups in total. The minimum absolute atomic E-state index is 0.205. The maximum absolute atomic E-state index is 12.8. The number of thiophene rings is 1. The lowest BCUT2D eigenvalue weighted by Gasteiger charge is -2.09. The molecule has 154 valence electrons. The number of aromatic amines is 1. The van der Waals surface area contributed by atoms with Gasteiger partial charge in [0.15, 0.2) is 5.16 Å². The van der Waals surface area contributed by atoms with Crippen LogP contribution in [0.1, 0.15) is 24.4 Å². The third kappa shape index (κ3) is 4.30. The molecule has 0 fully saturated rings. The quantitative estimate of drug-likeness (QED) is 0.327. The normalized spacial score (nSPS) is 12.2. The lowest BCUT2D eigenvalue weighted by molar-refractivity contribution is -0.115. The summed E-state index contributed by atoms with van der Waals surface area (Å²) in [6.45, 7) is 5.77. The van der Waals surface area contributed by atoms with Crippen LogP contribution in [0.3, 0.4) is 0 Å². The number of amides is 1. The fraction of sp³-hybridized carbons (Fsp3) is 0.250. The first-order chi connectivity index (χ1) is 14.4. The minimum atomic E-state index is -0.462. The molecule has 1 amide bonds. The van der Waals surface area contributed by atoms with Gasteiger partial charge in [-0.3, -0.25) is 14.9 Å². The number of carbonyl (C=O) groups is 1. The van der Waals surface area contributed by atoms with Crippen LogP contribution < -0.4 is 10.9 Å². The van der Waals surface area contributed by atoms with Crippen molar-refractivity contribution in [1.82, 2.24) is 20.2 Å². The predicted octanol–water partition coefficient (Wildman–Crippen LogP) is 4.49. The molecule has 0 aliphatic rings. The first-order valence-corrected chi connectivity index (χ1v) is 11.9. The van der Waals surface area contributed by atoms with Gasteiger partial charge in [0.1, 0.15) is 9.84 Å². The standard InChI is InChI=1S/C20H19N5O2S3/c1-4-14-24-25-20(30-14)21-16(26)11(3)29-19-22-17(27)15-13(9-28-18(15)23-19)12-7-5-10(2)6-8-12/h5-9,11H,4H2,1-3H3,(H,21,25,26)(H,22,23,27). The zero-order valence-corrected chi connectivity index (χ0v) is 19.0. The van der Waals surface area contributed by atoms with Crippen molar-refractivity contribution in [2.24, 2.45) is 0 Å². The second kappa shape index (κ2) is 8.66. The first-order valence-electron chi connectivity index (χ1n) is 9.33. The van der Waals surface area contributed by atoms with Gasteiger partial charge < -0.3 is 4.98 Å². The van der Waals surface area contributed by atoms with E-state index in [0.717, 1.165) is 28.1 Å². The van der Waals surface area contributed by atoms with Gasteiger partial charge in [-0.1, -0.05) is 59.9 Å². The van der Waals surface area contributed by atoms with Crippen molar-refractivity contribution in [3.63, 3.8) is 0 Å². The number of aromatic nitrogens is 4. The summed E-state index contributed by atoms with van der Waals surface area (Å²) >= 11 is 3.98. The molecule has 4 rings (SSSR count). The molecule has 1 unspecified atom stereocenters. The number of thioether (sulfide) groups is 1. The lowest BCUT2D eigenvalue weighted by Crippen LogP contribution is -2.23. The predicted molar refractivity (Wildman–Crippen MR) is 124 cm³/mol. The summed E-state index contributed by atoms with van der Waals surface area (Å²) < 4.78 is 0. The molecule has 1 atom stereocenters. The van der Waals surface area contributed by atoms with E-state index in [1.807, 2.05) is 43.5 Å². The van der Waals surface area contributed by atoms with Crippen molar-refractivity contribution in [1.29, 1.82) is 0 Å². The van der Waals surface area contributed by atoms with Crippen LogP contribution in [0.25, 0.3) is 21.3 Å². The maximum atomic E-state index is 12.8. The molecule has 0 aliphatic carbocycles. The Morgan fingerprint density at radius 3 is 2.73 bits per heavy atom. The van der Waals surface area contributed by atoms with E-state index in [2.05, 4.69) is 25.5 Å². The van der Waals surface area contributed by atoms with Gasteiger partial charge in [0.2, 0.25) is 11.0 Å². The molecule has 0 bridgehead atoms. The highest BCUT2D eigenvalue weighted by molar-refractivity contribution is 8.00. The van der Waals surface area contributed by atoms with Crippen molar-refractivity contribution >= 4 is 55.7 Å². The van der Waals surface area contributed by atoms with E-state index in [-0.39, 0.29) is 11.5 Å². The molecule has 10 heteroatoms. The van der Waals surface area contributed by atoms with Crippen molar-refractivity contribution in [2.75, 3.05) is 5.32 Å². The van der Waals surface area contributed by atoms with Crippen LogP contribution in [0, 0.1) is 6.92 Å². The average molecular weight is 458 g/mol. The number of hydrogen-bond donors (Lipinski definition) is 2. The van der Waals surface area contributed by atoms with Crippen molar-refractivity contribution in [3.05, 3.63) is 50.6 Å². The van der Waals surface area contributed by atoms with Crippen molar-refractivity contribution in [2.45, 2.75) is 37.6 Å². The van der Waals surface area contributed by atoms with Crippen molar-refractivity contribution in [3.8, 4) is 11.1 Å². The van der Waals surface area contributed by atoms with Gasteiger partial charge in [-0.25, -0.2) is 4.98 Å². The second-order valence-electron chi connectivity index (χ2n) is 6.67. The van der Waals surface area contributed by atoms with E-state index in [1.165, 1.54) is 34.4 Å². The molecular weight excluding hydrogens is 438 g/mol. The molecule has 7 nitrogen and oxygen atoms in total. The summed E-state index contributed by atoms with van der Waals surface area (Å²) in [5.41, 5.74) is 2.81. The molecule has 0 saturated heterocycles. The number of aryl methyl sites for hydroxylation is 2. The summed E-state index contributed by atoms with van der Waals surface area (Å²) in [6, 6.07) is 8.05. The molecule has 0 saturated carbocycles. The highest BCUT2D eigenvalue weighted by Crippen LogP contribution is 2.32. The number of nitrogens with zero attached hydrogens (tertiary/aromatic N) is 3. The Hall–Kier alpha value is -2.56. The Morgan fingerprint density at radius 2 is 2.03 bits per heavy atom. The van der Waals surface area contributed by atoms with E-state index >= 15 is 0 Å². The number of carbonyl (C=O) groups excluding carboxylic acids is 1. The molecule has 30 heavy (non-hydrogen) atoms. The van der Waals surface area contributed by atoms with Crippen LogP contribution in [0.4, 0.5) is 5.13 Å². The largest absolute Gasteiger partial charge is 0.301 e. The number of fused-ring (bicyclic) bond motifs is 1. The molecule has 0 spiro atoms. The smallest absolute Gasteiger partial charge is 0.260 e. The molecule has 4 aromatic rings. The molecule has 0 aliphatic heterocycles. The number of benzene rings is 1. The van der Waals surface area contributed by atoms with E-state index in [9.17, 15) is 9.59 Å². The highest BCUT2D eigenvalue weighted by atomic mass is 32.2. The SMILES string of the molecule is CCc1nnc(NC(=O)C(C)Sc2nc3scc(-c4ccc(C)cc4)c3c(=O)[nH]2)s1. The summed E-state index contributed by atoms with van der Waals surface area (Å²) in [7, 11) is 0. The number of hydrogen-bond acceptors (Lipinski definition) is 8. The van der Waals surface area contributed by atoms with Gasteiger partial charge in [-0.05, 0) is 25.8 Å². The molecule has 1 aromatic carbocycles. The van der Waals surface area contributed by atoms with Crippen LogP contribution in [-0.4, -0.2) is 31.3 Å². The van der Waals surface area contributed by atoms with Gasteiger partial charge in [-0.2, -0.15) is 0 Å². The topological polar surface area (TPSA) is 101 Å². The summed E-state index contributed by atoms with van der Waals surface area (Å²) in [6.07, 6.45) is 0.772. The number of anilines is 1. The summed E-state index contributed by atoms with van der Waals surface area (Å²) in [5, 5.41) is 14.5. The van der Waals surface area contributed by atoms with Gasteiger partial charge in [0.25, 0.3) is 5.56 Å². The summed E-state index contributed by atoms with van der Waals surface area (Å²) in [5.74, 6) is -0.215. The fourth-order valence-electron chi connectivity index (χ4n) is 2.81. The zero-order chi connectivity index (χ0) is 21.3. The van der Waals surface area contributed by atoms with Crippen LogP contribution in [0.15, 0.2) is 39.6 Å². The number of rotatable bonds is 6. The fourth-order valence-corrected chi connectivity index (χ4v) is 5.29. The van der Waals surface area contributed by atoms with Crippen LogP contribution in [0.2, 0.25) is 0 Å². The molecular formula is C20H19N5O2S3. The second-order valence-corrected chi connectivity index (χ2v) is 9.92. The zero-order valence-electron chi connectivity index (χ0n) is 16.6. The van der Waals surface area contributed by atoms with Gasteiger partial charge in [0, 0.05) is 10.9 Å². The van der Waals surface area contributed by atoms with Crippen molar-refractivity contribution < 1.29 is 4.79 Å². The van der Waals surface area contributed by atoms with E-state index in [4.69, 9.17) is 0 Å². The van der Waals surface area contributed by atoms with Gasteiger partial charge in [0.05, 0.1) is 10.6 Å². The number of nitrogens with one attached hydrogen (secondary N) is 2. The third-order valence-corrected chi connectivity index (χ3v) is 7.28. The van der Waals surface area contributed by atoms with Gasteiger partial charge >= 0.3 is 0 Å². The number of H-pyrrole nitrogens is 1. The molecule has 3 heterocycles. The monoisotopic (exact) mass is 457 g/mol. The lowest BCUT2D eigenvalue weighted by atomic mass is 10.1. The van der Waals surface area contributed by atoms with Crippen LogP contribution >= 0.6 is 34.4 Å². The summed E-state index contributed by atoms with van der Waals surface area (Å²) in [4.78, 5) is 33.3. The molecule has 3 aromatic heterocycles. The third-order valence-electron chi connectivity index (χ3n) is 4.44. The van der Waals surface area contributed by atoms with E-state index < -0.39 is 5.25 Å². The minimum Gasteiger partial charge on any atom is -0.301 e. The Balaban J connectivity index is 1.54. The Morgan fingerprint density at radius 1 is 1.27 bits per heavy atom. The Bertz CT molecular complexity index is 1260. The maximum Gasteiger partial charge on any atom is 0.260 e. The highest BCUT2D eigenvalue weighted by Gasteiger charge is 2.19. The average Bonchev–Trinajstić information content (AvgIpc) is 3.35. The van der Waals surface area contributed by atoms with E-state index in [1.54, 1.807) is 6.92 Å². The van der Waals surface area contributed by atoms with Crippen LogP contribution in [0.5, 0.6) is 0 Å². The van der Waals surface area contributed by atoms with Gasteiger partial charge in [-0.15, -0.1) is 21.5 Å². The Kier molecular flexibility index (Phi) is 5.98. The van der Waals surface area contributed by atoms with E-state index in [0.29, 0.717) is 20.5 Å². The van der Waals surface area contributed by atoms with Crippen LogP contribution in [-0.2, 0) is 11.2 Å². The molecule has 0 radical (unpaired) electrons.